The van der Waals surface area contributed by atoms with Crippen molar-refractivity contribution in [2.24, 2.45) is 47.3 Å². The van der Waals surface area contributed by atoms with Gasteiger partial charge in [0.25, 0.3) is 0 Å². The first-order valence-electron chi connectivity index (χ1n) is 17.0. The van der Waals surface area contributed by atoms with E-state index in [0.717, 1.165) is 48.9 Å². The van der Waals surface area contributed by atoms with Crippen molar-refractivity contribution >= 4 is 11.6 Å². The van der Waals surface area contributed by atoms with Crippen LogP contribution in [-0.2, 0) is 28.9 Å². The molecule has 1 aromatic carbocycles. The fourth-order valence-electron chi connectivity index (χ4n) is 7.52. The molecule has 4 nitrogen and oxygen atoms in total. The molecule has 0 spiro atoms. The van der Waals surface area contributed by atoms with Crippen molar-refractivity contribution < 1.29 is 9.59 Å². The summed E-state index contributed by atoms with van der Waals surface area (Å²) < 4.78 is 0. The third-order valence-corrected chi connectivity index (χ3v) is 10.1. The van der Waals surface area contributed by atoms with Gasteiger partial charge in [-0.05, 0) is 97.3 Å². The van der Waals surface area contributed by atoms with Gasteiger partial charge in [-0.15, -0.1) is 0 Å². The molecule has 234 valence electrons. The summed E-state index contributed by atoms with van der Waals surface area (Å²) in [5.74, 6) is 5.16. The Morgan fingerprint density at radius 3 is 1.88 bits per heavy atom. The summed E-state index contributed by atoms with van der Waals surface area (Å²) in [6.45, 7) is 13.6. The molecular weight excluding hydrogens is 528 g/mol. The minimum absolute atomic E-state index is 0.225. The lowest BCUT2D eigenvalue weighted by atomic mass is 9.68. The van der Waals surface area contributed by atoms with Gasteiger partial charge >= 0.3 is 0 Å². The molecule has 0 amide bonds. The second kappa shape index (κ2) is 17.5. The van der Waals surface area contributed by atoms with E-state index in [1.54, 1.807) is 0 Å². The first-order chi connectivity index (χ1) is 20.6. The summed E-state index contributed by atoms with van der Waals surface area (Å²) in [4.78, 5) is 29.7. The third-order valence-electron chi connectivity index (χ3n) is 10.1. The van der Waals surface area contributed by atoms with Gasteiger partial charge in [-0.2, -0.15) is 5.26 Å². The lowest BCUT2D eigenvalue weighted by Gasteiger charge is -2.36. The number of nitrogens with zero attached hydrogens (tertiary/aromatic N) is 2. The van der Waals surface area contributed by atoms with E-state index < -0.39 is 0 Å². The number of pyridine rings is 1. The molecule has 2 aliphatic carbocycles. The number of hydrogen-bond acceptors (Lipinski definition) is 4. The Morgan fingerprint density at radius 1 is 0.814 bits per heavy atom. The molecule has 0 N–H and O–H groups in total. The maximum absolute atomic E-state index is 12.8. The fraction of sp³-hybridized carbons (Fsp3) is 0.641. The van der Waals surface area contributed by atoms with E-state index in [-0.39, 0.29) is 5.92 Å². The smallest absolute Gasteiger partial charge is 0.140 e. The van der Waals surface area contributed by atoms with Crippen LogP contribution in [0, 0.1) is 58.7 Å². The van der Waals surface area contributed by atoms with Gasteiger partial charge in [-0.1, -0.05) is 84.7 Å². The van der Waals surface area contributed by atoms with Crippen LogP contribution in [0.3, 0.4) is 0 Å². The Balaban J connectivity index is 0.000000236. The van der Waals surface area contributed by atoms with Crippen molar-refractivity contribution in [2.75, 3.05) is 0 Å². The Labute approximate surface area is 262 Å². The molecule has 43 heavy (non-hydrogen) atoms. The number of Topliss-reactive ketones (excluding diaryl/α,β-unsaturated/α-hetero) is 2. The van der Waals surface area contributed by atoms with Crippen LogP contribution in [0.5, 0.6) is 0 Å². The van der Waals surface area contributed by atoms with Crippen LogP contribution in [0.4, 0.5) is 0 Å². The maximum atomic E-state index is 12.8. The zero-order valence-corrected chi connectivity index (χ0v) is 27.7. The van der Waals surface area contributed by atoms with Crippen LogP contribution in [-0.4, -0.2) is 16.6 Å². The molecule has 0 radical (unpaired) electrons. The van der Waals surface area contributed by atoms with Crippen molar-refractivity contribution in [1.29, 1.82) is 5.26 Å². The lowest BCUT2D eigenvalue weighted by Crippen LogP contribution is -2.34. The van der Waals surface area contributed by atoms with Gasteiger partial charge in [0.05, 0.1) is 12.5 Å². The van der Waals surface area contributed by atoms with Crippen LogP contribution >= 0.6 is 0 Å². The lowest BCUT2D eigenvalue weighted by molar-refractivity contribution is -0.127. The summed E-state index contributed by atoms with van der Waals surface area (Å²) in [5.41, 5.74) is 3.19. The van der Waals surface area contributed by atoms with E-state index in [1.807, 2.05) is 48.7 Å². The van der Waals surface area contributed by atoms with E-state index in [1.165, 1.54) is 25.7 Å². The standard InChI is InChI=1S/C20H27NO.C19H29NO/c1-14(2)18-9-4-15(3)12-19(18)20(22)13-17-7-5-16(6-8-17)10-11-21;1-14(2)17-11-10-15(3)13-18(17)19(21)9-6-8-16-7-4-5-12-20-16/h5-8,14-15,18-19H,4,9-10,12-13H2,1-3H3;4-5,7,12,14-15,17-18H,6,8-11,13H2,1-3H3/t15-,18+,19-;15-,17+,18-/m11/s1. The van der Waals surface area contributed by atoms with Gasteiger partial charge in [-0.3, -0.25) is 14.6 Å². The van der Waals surface area contributed by atoms with Crippen LogP contribution in [0.15, 0.2) is 48.7 Å². The van der Waals surface area contributed by atoms with Crippen molar-refractivity contribution in [2.45, 2.75) is 112 Å². The number of rotatable bonds is 11. The monoisotopic (exact) mass is 584 g/mol. The zero-order chi connectivity index (χ0) is 31.4. The fourth-order valence-corrected chi connectivity index (χ4v) is 7.52. The molecule has 1 aromatic heterocycles. The highest BCUT2D eigenvalue weighted by Crippen LogP contribution is 2.40. The van der Waals surface area contributed by atoms with Gasteiger partial charge in [0, 0.05) is 36.6 Å². The molecule has 1 heterocycles. The van der Waals surface area contributed by atoms with Crippen LogP contribution < -0.4 is 0 Å². The molecule has 0 aliphatic heterocycles. The minimum atomic E-state index is 0.225. The van der Waals surface area contributed by atoms with Crippen molar-refractivity contribution in [1.82, 2.24) is 4.98 Å². The molecular formula is C39H56N2O2. The molecule has 2 aromatic rings. The SMILES string of the molecule is CC(C)[C@@H]1CC[C@@H](C)C[C@H]1C(=O)CCCc1ccccn1.CC(C)[C@@H]1CC[C@@H](C)C[C@H]1C(=O)Cc1ccc(CC#N)cc1. The number of hydrogen-bond donors (Lipinski definition) is 0. The average Bonchev–Trinajstić information content (AvgIpc) is 2.98. The molecule has 4 heteroatoms. The van der Waals surface area contributed by atoms with Crippen LogP contribution in [0.2, 0.25) is 0 Å². The number of aromatic nitrogens is 1. The number of carbonyl (C=O) groups is 2. The molecule has 0 unspecified atom stereocenters. The first-order valence-corrected chi connectivity index (χ1v) is 17.0. The Morgan fingerprint density at radius 2 is 1.37 bits per heavy atom. The van der Waals surface area contributed by atoms with Gasteiger partial charge in [0.2, 0.25) is 0 Å². The predicted molar refractivity (Wildman–Crippen MR) is 176 cm³/mol. The van der Waals surface area contributed by atoms with Gasteiger partial charge in [0.1, 0.15) is 11.6 Å². The molecule has 2 saturated carbocycles. The summed E-state index contributed by atoms with van der Waals surface area (Å²) in [5, 5.41) is 8.71. The second-order valence-corrected chi connectivity index (χ2v) is 14.3. The molecule has 2 aliphatic rings. The maximum Gasteiger partial charge on any atom is 0.140 e. The Bertz CT molecular complexity index is 1160. The largest absolute Gasteiger partial charge is 0.299 e. The first kappa shape index (κ1) is 34.7. The average molecular weight is 585 g/mol. The number of carbonyl (C=O) groups excluding carboxylic acids is 2. The molecule has 0 saturated heterocycles. The highest BCUT2D eigenvalue weighted by Gasteiger charge is 2.36. The normalized spacial score (nSPS) is 25.5. The van der Waals surface area contributed by atoms with Crippen LogP contribution in [0.1, 0.15) is 110 Å². The van der Waals surface area contributed by atoms with Crippen LogP contribution in [0.25, 0.3) is 0 Å². The Hall–Kier alpha value is -2.80. The summed E-state index contributed by atoms with van der Waals surface area (Å²) in [6.07, 6.45) is 12.5. The topological polar surface area (TPSA) is 70.8 Å². The molecule has 2 fully saturated rings. The van der Waals surface area contributed by atoms with Crippen molar-refractivity contribution in [3.05, 3.63) is 65.5 Å². The third kappa shape index (κ3) is 11.0. The molecule has 6 atom stereocenters. The number of benzene rings is 1. The number of ketones is 2. The predicted octanol–water partition coefficient (Wildman–Crippen LogP) is 9.25. The molecule has 4 rings (SSSR count). The summed E-state index contributed by atoms with van der Waals surface area (Å²) >= 11 is 0. The quantitative estimate of drug-likeness (QED) is 0.264. The molecule has 0 bridgehead atoms. The van der Waals surface area contributed by atoms with E-state index in [0.29, 0.717) is 65.8 Å². The zero-order valence-electron chi connectivity index (χ0n) is 27.7. The van der Waals surface area contributed by atoms with E-state index >= 15 is 0 Å². The highest BCUT2D eigenvalue weighted by atomic mass is 16.1. The van der Waals surface area contributed by atoms with Gasteiger partial charge in [-0.25, -0.2) is 0 Å². The second-order valence-electron chi connectivity index (χ2n) is 14.3. The minimum Gasteiger partial charge on any atom is -0.299 e. The number of nitriles is 1. The van der Waals surface area contributed by atoms with E-state index in [4.69, 9.17) is 5.26 Å². The number of aryl methyl sites for hydroxylation is 1. The van der Waals surface area contributed by atoms with Crippen molar-refractivity contribution in [3.63, 3.8) is 0 Å². The highest BCUT2D eigenvalue weighted by molar-refractivity contribution is 5.83. The van der Waals surface area contributed by atoms with E-state index in [2.05, 4.69) is 52.6 Å². The summed E-state index contributed by atoms with van der Waals surface area (Å²) in [6, 6.07) is 16.1. The Kier molecular flexibility index (Phi) is 14.1. The van der Waals surface area contributed by atoms with Crippen molar-refractivity contribution in [3.8, 4) is 6.07 Å². The van der Waals surface area contributed by atoms with E-state index in [9.17, 15) is 9.59 Å². The van der Waals surface area contributed by atoms with Gasteiger partial charge in [0.15, 0.2) is 0 Å². The summed E-state index contributed by atoms with van der Waals surface area (Å²) in [7, 11) is 0. The van der Waals surface area contributed by atoms with Gasteiger partial charge < -0.3 is 0 Å².